The van der Waals surface area contributed by atoms with Crippen molar-refractivity contribution in [1.29, 1.82) is 0 Å². The van der Waals surface area contributed by atoms with Crippen molar-refractivity contribution in [3.63, 3.8) is 0 Å². The minimum atomic E-state index is -1.05. The summed E-state index contributed by atoms with van der Waals surface area (Å²) in [6.07, 6.45) is 0. The molecule has 21 heavy (non-hydrogen) atoms. The second-order valence-corrected chi connectivity index (χ2v) is 4.68. The van der Waals surface area contributed by atoms with Crippen LogP contribution < -0.4 is 9.47 Å². The Hall–Kier alpha value is -2.24. The lowest BCUT2D eigenvalue weighted by Crippen LogP contribution is -2.43. The molecule has 0 saturated carbocycles. The fraction of sp³-hybridized carbons (Fsp3) is 0.467. The molecule has 0 bridgehead atoms. The van der Waals surface area contributed by atoms with E-state index in [1.165, 1.54) is 4.90 Å². The first-order valence-corrected chi connectivity index (χ1v) is 6.81. The monoisotopic (exact) mass is 295 g/mol. The van der Waals surface area contributed by atoms with E-state index < -0.39 is 5.97 Å². The van der Waals surface area contributed by atoms with Gasteiger partial charge < -0.3 is 19.5 Å². The molecule has 0 aliphatic heterocycles. The van der Waals surface area contributed by atoms with Gasteiger partial charge in [0, 0.05) is 6.04 Å². The fourth-order valence-corrected chi connectivity index (χ4v) is 1.77. The maximum Gasteiger partial charge on any atom is 0.323 e. The van der Waals surface area contributed by atoms with Crippen molar-refractivity contribution < 1.29 is 24.2 Å². The third-order valence-corrected chi connectivity index (χ3v) is 2.75. The van der Waals surface area contributed by atoms with Crippen molar-refractivity contribution in [1.82, 2.24) is 4.90 Å². The molecule has 0 aromatic heterocycles. The van der Waals surface area contributed by atoms with E-state index in [2.05, 4.69) is 0 Å². The van der Waals surface area contributed by atoms with Crippen molar-refractivity contribution >= 4 is 11.9 Å². The van der Waals surface area contributed by atoms with Gasteiger partial charge in [-0.3, -0.25) is 9.59 Å². The Bertz CT molecular complexity index is 487. The predicted octanol–water partition coefficient (Wildman–Crippen LogP) is 1.79. The van der Waals surface area contributed by atoms with E-state index in [0.717, 1.165) is 0 Å². The van der Waals surface area contributed by atoms with Crippen LogP contribution in [0, 0.1) is 0 Å². The average molecular weight is 295 g/mol. The highest BCUT2D eigenvalue weighted by molar-refractivity contribution is 5.82. The number of aliphatic carboxylic acids is 1. The number of carboxylic acid groups (broad SMARTS) is 1. The van der Waals surface area contributed by atoms with Gasteiger partial charge in [0.05, 0.1) is 6.61 Å². The van der Waals surface area contributed by atoms with Crippen LogP contribution in [0.15, 0.2) is 24.3 Å². The third kappa shape index (κ3) is 5.33. The van der Waals surface area contributed by atoms with Crippen molar-refractivity contribution in [2.24, 2.45) is 0 Å². The Morgan fingerprint density at radius 3 is 2.24 bits per heavy atom. The lowest BCUT2D eigenvalue weighted by molar-refractivity contribution is -0.146. The number of nitrogens with zero attached hydrogens (tertiary/aromatic N) is 1. The molecular formula is C15H21NO5. The number of carbonyl (C=O) groups excluding carboxylic acids is 1. The third-order valence-electron chi connectivity index (χ3n) is 2.75. The van der Waals surface area contributed by atoms with Crippen LogP contribution in [0.3, 0.4) is 0 Å². The molecule has 0 aliphatic carbocycles. The second-order valence-electron chi connectivity index (χ2n) is 4.68. The lowest BCUT2D eigenvalue weighted by Gasteiger charge is -2.25. The fourth-order valence-electron chi connectivity index (χ4n) is 1.77. The van der Waals surface area contributed by atoms with E-state index in [4.69, 9.17) is 14.6 Å². The van der Waals surface area contributed by atoms with Crippen molar-refractivity contribution in [3.8, 4) is 11.5 Å². The van der Waals surface area contributed by atoms with Gasteiger partial charge in [-0.25, -0.2) is 0 Å². The lowest BCUT2D eigenvalue weighted by atomic mass is 10.3. The number of rotatable bonds is 8. The van der Waals surface area contributed by atoms with Gasteiger partial charge in [0.1, 0.15) is 6.54 Å². The number of amides is 1. The normalized spacial score (nSPS) is 10.3. The largest absolute Gasteiger partial charge is 0.490 e. The molecule has 0 heterocycles. The van der Waals surface area contributed by atoms with E-state index in [1.807, 2.05) is 13.0 Å². The highest BCUT2D eigenvalue weighted by atomic mass is 16.5. The number of carbonyl (C=O) groups is 2. The van der Waals surface area contributed by atoms with Gasteiger partial charge >= 0.3 is 5.97 Å². The number of benzene rings is 1. The Morgan fingerprint density at radius 1 is 1.19 bits per heavy atom. The summed E-state index contributed by atoms with van der Waals surface area (Å²) in [7, 11) is 0. The zero-order chi connectivity index (χ0) is 15.8. The van der Waals surface area contributed by atoms with Crippen molar-refractivity contribution in [3.05, 3.63) is 24.3 Å². The molecule has 0 spiro atoms. The van der Waals surface area contributed by atoms with E-state index >= 15 is 0 Å². The Kier molecular flexibility index (Phi) is 6.52. The van der Waals surface area contributed by atoms with Gasteiger partial charge in [-0.05, 0) is 32.9 Å². The standard InChI is InChI=1S/C15H21NO5/c1-4-20-12-7-5-6-8-13(12)21-10-14(17)16(11(2)3)9-15(18)19/h5-8,11H,4,9-10H2,1-3H3,(H,18,19). The van der Waals surface area contributed by atoms with E-state index in [9.17, 15) is 9.59 Å². The molecule has 0 saturated heterocycles. The summed E-state index contributed by atoms with van der Waals surface area (Å²) >= 11 is 0. The summed E-state index contributed by atoms with van der Waals surface area (Å²) in [6.45, 7) is 5.30. The first-order chi connectivity index (χ1) is 9.95. The molecule has 0 atom stereocenters. The average Bonchev–Trinajstić information content (AvgIpc) is 2.43. The van der Waals surface area contributed by atoms with E-state index in [1.54, 1.807) is 32.0 Å². The Labute approximate surface area is 124 Å². The molecule has 1 amide bonds. The van der Waals surface area contributed by atoms with Crippen LogP contribution in [-0.4, -0.2) is 47.7 Å². The van der Waals surface area contributed by atoms with Gasteiger partial charge in [-0.1, -0.05) is 12.1 Å². The minimum Gasteiger partial charge on any atom is -0.490 e. The van der Waals surface area contributed by atoms with Crippen LogP contribution in [-0.2, 0) is 9.59 Å². The number of carboxylic acids is 1. The van der Waals surface area contributed by atoms with E-state index in [0.29, 0.717) is 18.1 Å². The molecule has 116 valence electrons. The molecule has 1 aromatic carbocycles. The molecule has 6 heteroatoms. The summed E-state index contributed by atoms with van der Waals surface area (Å²) in [5.41, 5.74) is 0. The highest BCUT2D eigenvalue weighted by Crippen LogP contribution is 2.26. The minimum absolute atomic E-state index is 0.209. The maximum atomic E-state index is 12.1. The quantitative estimate of drug-likeness (QED) is 0.791. The molecule has 0 fully saturated rings. The summed E-state index contributed by atoms with van der Waals surface area (Å²) < 4.78 is 10.9. The van der Waals surface area contributed by atoms with Crippen LogP contribution in [0.2, 0.25) is 0 Å². The summed E-state index contributed by atoms with van der Waals surface area (Å²) in [4.78, 5) is 24.1. The van der Waals surface area contributed by atoms with Crippen molar-refractivity contribution in [2.45, 2.75) is 26.8 Å². The summed E-state index contributed by atoms with van der Waals surface area (Å²) in [5, 5.41) is 8.83. The van der Waals surface area contributed by atoms with Gasteiger partial charge in [-0.2, -0.15) is 0 Å². The SMILES string of the molecule is CCOc1ccccc1OCC(=O)N(CC(=O)O)C(C)C. The van der Waals surface area contributed by atoms with E-state index in [-0.39, 0.29) is 25.1 Å². The molecule has 0 aliphatic rings. The van der Waals surface area contributed by atoms with Crippen LogP contribution in [0.5, 0.6) is 11.5 Å². The Balaban J connectivity index is 2.68. The second kappa shape index (κ2) is 8.14. The topological polar surface area (TPSA) is 76.1 Å². The van der Waals surface area contributed by atoms with Crippen LogP contribution in [0.4, 0.5) is 0 Å². The number of hydrogen-bond acceptors (Lipinski definition) is 4. The van der Waals surface area contributed by atoms with Gasteiger partial charge in [0.2, 0.25) is 0 Å². The first-order valence-electron chi connectivity index (χ1n) is 6.81. The zero-order valence-corrected chi connectivity index (χ0v) is 12.5. The van der Waals surface area contributed by atoms with Gasteiger partial charge in [0.15, 0.2) is 18.1 Å². The van der Waals surface area contributed by atoms with Gasteiger partial charge in [0.25, 0.3) is 5.91 Å². The van der Waals surface area contributed by atoms with Crippen molar-refractivity contribution in [2.75, 3.05) is 19.8 Å². The Morgan fingerprint density at radius 2 is 1.76 bits per heavy atom. The van der Waals surface area contributed by atoms with Crippen LogP contribution in [0.25, 0.3) is 0 Å². The van der Waals surface area contributed by atoms with Crippen LogP contribution in [0.1, 0.15) is 20.8 Å². The zero-order valence-electron chi connectivity index (χ0n) is 12.5. The maximum absolute atomic E-state index is 12.1. The molecule has 1 N–H and O–H groups in total. The smallest absolute Gasteiger partial charge is 0.323 e. The molecule has 1 rings (SSSR count). The molecule has 6 nitrogen and oxygen atoms in total. The summed E-state index contributed by atoms with van der Waals surface area (Å²) in [6, 6.07) is 6.83. The van der Waals surface area contributed by atoms with Gasteiger partial charge in [-0.15, -0.1) is 0 Å². The number of para-hydroxylation sites is 2. The number of ether oxygens (including phenoxy) is 2. The molecule has 0 unspecified atom stereocenters. The summed E-state index contributed by atoms with van der Waals surface area (Å²) in [5.74, 6) is -0.403. The number of hydrogen-bond donors (Lipinski definition) is 1. The first kappa shape index (κ1) is 16.8. The predicted molar refractivity (Wildman–Crippen MR) is 77.6 cm³/mol. The van der Waals surface area contributed by atoms with Crippen LogP contribution >= 0.6 is 0 Å². The molecule has 1 aromatic rings. The molecular weight excluding hydrogens is 274 g/mol. The molecule has 0 radical (unpaired) electrons. The highest BCUT2D eigenvalue weighted by Gasteiger charge is 2.20.